The zero-order valence-electron chi connectivity index (χ0n) is 68.9. The van der Waals surface area contributed by atoms with Crippen LogP contribution in [0.25, 0.3) is 144 Å². The largest absolute Gasteiger partial charge is 0.455 e. The molecule has 4 heteroatoms. The van der Waals surface area contributed by atoms with Gasteiger partial charge in [-0.2, -0.15) is 0 Å². The molecule has 0 saturated carbocycles. The van der Waals surface area contributed by atoms with Gasteiger partial charge < -0.3 is 18.6 Å². The number of hydrogen-bond acceptors (Lipinski definition) is 4. The summed E-state index contributed by atoms with van der Waals surface area (Å²) < 4.78 is 13.7. The zero-order chi connectivity index (χ0) is 83.2. The third-order valence-electron chi connectivity index (χ3n) is 26.5. The molecule has 24 rings (SSSR count). The van der Waals surface area contributed by atoms with Crippen molar-refractivity contribution in [1.29, 1.82) is 0 Å². The monoisotopic (exact) mass is 1600 g/mol. The Bertz CT molecular complexity index is 7820. The second-order valence-corrected chi connectivity index (χ2v) is 33.2. The Balaban J connectivity index is 0.598. The number of fused-ring (bicyclic) bond motifs is 12. The van der Waals surface area contributed by atoms with Crippen molar-refractivity contribution in [3.63, 3.8) is 0 Å². The molecule has 0 amide bonds. The minimum Gasteiger partial charge on any atom is -0.455 e. The summed E-state index contributed by atoms with van der Waals surface area (Å²) in [6.45, 7) is 0. The predicted octanol–water partition coefficient (Wildman–Crippen LogP) is 32.8. The van der Waals surface area contributed by atoms with Crippen LogP contribution in [-0.4, -0.2) is 0 Å². The van der Waals surface area contributed by atoms with Crippen LogP contribution in [0.4, 0.5) is 34.1 Å². The summed E-state index contributed by atoms with van der Waals surface area (Å²) in [5.41, 5.74) is 39.0. The minimum absolute atomic E-state index is 0.584. The van der Waals surface area contributed by atoms with Gasteiger partial charge in [-0.3, -0.25) is 0 Å². The van der Waals surface area contributed by atoms with Gasteiger partial charge in [0.1, 0.15) is 22.3 Å². The third kappa shape index (κ3) is 12.0. The molecular weight excluding hydrogens is 1530 g/mol. The fraction of sp³-hybridized carbons (Fsp3) is 0.0164. The van der Waals surface area contributed by atoms with E-state index in [2.05, 4.69) is 489 Å². The molecule has 0 aliphatic heterocycles. The number of para-hydroxylation sites is 3. The van der Waals surface area contributed by atoms with Crippen molar-refractivity contribution in [2.75, 3.05) is 9.80 Å². The van der Waals surface area contributed by atoms with Crippen LogP contribution in [0.3, 0.4) is 0 Å². The minimum atomic E-state index is -0.593. The molecule has 126 heavy (non-hydrogen) atoms. The topological polar surface area (TPSA) is 32.8 Å². The van der Waals surface area contributed by atoms with Crippen LogP contribution in [0.1, 0.15) is 44.5 Å². The Morgan fingerprint density at radius 3 is 0.873 bits per heavy atom. The van der Waals surface area contributed by atoms with Gasteiger partial charge in [0, 0.05) is 66.8 Å². The number of hydrogen-bond donors (Lipinski definition) is 0. The normalized spacial score (nSPS) is 12.7. The lowest BCUT2D eigenvalue weighted by Crippen LogP contribution is -2.28. The average molecular weight is 1610 g/mol. The summed E-state index contributed by atoms with van der Waals surface area (Å²) in [7, 11) is 0. The molecule has 2 aliphatic rings. The summed E-state index contributed by atoms with van der Waals surface area (Å²) >= 11 is 0. The molecule has 2 aromatic heterocycles. The molecule has 4 nitrogen and oxygen atoms in total. The summed E-state index contributed by atoms with van der Waals surface area (Å²) in [4.78, 5) is 4.85. The maximum absolute atomic E-state index is 7.09. The molecule has 0 saturated heterocycles. The van der Waals surface area contributed by atoms with Crippen molar-refractivity contribution in [2.45, 2.75) is 10.8 Å². The van der Waals surface area contributed by atoms with Crippen LogP contribution in [0.15, 0.2) is 494 Å². The van der Waals surface area contributed by atoms with Crippen molar-refractivity contribution in [1.82, 2.24) is 0 Å². The van der Waals surface area contributed by atoms with E-state index >= 15 is 0 Å². The van der Waals surface area contributed by atoms with Crippen molar-refractivity contribution in [3.8, 4) is 100 Å². The first-order chi connectivity index (χ1) is 62.5. The van der Waals surface area contributed by atoms with Crippen LogP contribution < -0.4 is 9.80 Å². The summed E-state index contributed by atoms with van der Waals surface area (Å²) in [6, 6.07) is 178. The fourth-order valence-electron chi connectivity index (χ4n) is 20.8. The van der Waals surface area contributed by atoms with Gasteiger partial charge in [0.05, 0.1) is 10.8 Å². The lowest BCUT2D eigenvalue weighted by molar-refractivity contribution is 0.669. The van der Waals surface area contributed by atoms with Gasteiger partial charge in [-0.05, 0) is 243 Å². The highest BCUT2D eigenvalue weighted by molar-refractivity contribution is 6.12. The van der Waals surface area contributed by atoms with E-state index in [0.717, 1.165) is 139 Å². The second-order valence-electron chi connectivity index (χ2n) is 33.2. The Hall–Kier alpha value is -16.4. The van der Waals surface area contributed by atoms with E-state index in [1.165, 1.54) is 83.5 Å². The van der Waals surface area contributed by atoms with E-state index in [9.17, 15) is 0 Å². The molecular formula is C122H80N2O2. The zero-order valence-corrected chi connectivity index (χ0v) is 68.9. The van der Waals surface area contributed by atoms with Gasteiger partial charge in [0.2, 0.25) is 0 Å². The molecule has 0 unspecified atom stereocenters. The second kappa shape index (κ2) is 30.3. The van der Waals surface area contributed by atoms with Crippen LogP contribution in [0, 0.1) is 0 Å². The number of nitrogens with zero attached hydrogens (tertiary/aromatic N) is 2. The molecule has 20 aromatic carbocycles. The maximum atomic E-state index is 7.09. The molecule has 0 spiro atoms. The van der Waals surface area contributed by atoms with Gasteiger partial charge in [-0.1, -0.05) is 376 Å². The smallest absolute Gasteiger partial charge is 0.143 e. The van der Waals surface area contributed by atoms with E-state index in [0.29, 0.717) is 0 Å². The van der Waals surface area contributed by atoms with E-state index in [1.807, 2.05) is 6.07 Å². The Labute approximate surface area is 732 Å². The molecule has 0 atom stereocenters. The molecule has 2 aliphatic carbocycles. The lowest BCUT2D eigenvalue weighted by atomic mass is 9.67. The maximum Gasteiger partial charge on any atom is 0.143 e. The molecule has 0 radical (unpaired) electrons. The molecule has 590 valence electrons. The quantitative estimate of drug-likeness (QED) is 0.0910. The first-order valence-electron chi connectivity index (χ1n) is 43.4. The standard InChI is InChI=1S/C122H80N2O2/c1-7-29-81(30-8-1)88-75-89(82-53-62-95(63-54-82)123(97-66-57-85(58-67-97)103-46-27-48-110-109-45-23-26-52-117(109)125-119(103)110)99-70-72-107-105-43-21-24-50-113(105)121(115(107)79-99,91-33-11-3-12-34-91)92-35-13-4-14-36-92)77-90(76-88)87-61-74-118-112(78-87)111-49-28-47-104(120(111)126-118)86-59-68-98(69-60-86)124(96-64-55-84(56-65-96)102-42-20-19-41-101(102)83-31-9-2-10-32-83)100-71-73-108-106-44-22-25-51-114(106)122(116(108)80-100,93-37-15-5-16-38-93)94-39-17-6-18-40-94/h1-80H. The van der Waals surface area contributed by atoms with Crippen LogP contribution in [0.5, 0.6) is 0 Å². The first-order valence-corrected chi connectivity index (χ1v) is 43.4. The number of furan rings is 2. The molecule has 0 fully saturated rings. The van der Waals surface area contributed by atoms with Crippen molar-refractivity contribution >= 4 is 78.0 Å². The van der Waals surface area contributed by atoms with Gasteiger partial charge in [0.15, 0.2) is 0 Å². The molecule has 0 bridgehead atoms. The number of rotatable bonds is 17. The number of benzene rings is 20. The highest BCUT2D eigenvalue weighted by Gasteiger charge is 2.48. The molecule has 0 N–H and O–H groups in total. The van der Waals surface area contributed by atoms with E-state index < -0.39 is 10.8 Å². The predicted molar refractivity (Wildman–Crippen MR) is 523 cm³/mol. The van der Waals surface area contributed by atoms with Gasteiger partial charge in [-0.15, -0.1) is 0 Å². The summed E-state index contributed by atoms with van der Waals surface area (Å²) in [5.74, 6) is 0. The summed E-state index contributed by atoms with van der Waals surface area (Å²) in [6.07, 6.45) is 0. The van der Waals surface area contributed by atoms with Crippen LogP contribution in [-0.2, 0) is 10.8 Å². The molecule has 22 aromatic rings. The Morgan fingerprint density at radius 1 is 0.151 bits per heavy atom. The highest BCUT2D eigenvalue weighted by atomic mass is 16.3. The van der Waals surface area contributed by atoms with Crippen molar-refractivity contribution < 1.29 is 8.83 Å². The average Bonchev–Trinajstić information content (AvgIpc) is 1.54. The SMILES string of the molecule is c1ccc(-c2cc(-c3ccc(N(c4ccc(-c5cccc6c5oc5ccccc56)cc4)c4ccc5c(c4)C(c4ccccc4)(c4ccccc4)c4ccccc4-5)cc3)cc(-c3ccc4oc5c(-c6ccc(N(c7ccc(-c8ccccc8-c8ccccc8)cc7)c7ccc8c(c7)C(c7ccccc7)(c7ccccc7)c7ccccc7-8)cc6)cccc5c4c3)c2)cc1. The van der Waals surface area contributed by atoms with E-state index in [-0.39, 0.29) is 0 Å². The number of anilines is 6. The fourth-order valence-corrected chi connectivity index (χ4v) is 20.8. The van der Waals surface area contributed by atoms with E-state index in [1.54, 1.807) is 0 Å². The third-order valence-corrected chi connectivity index (χ3v) is 26.5. The van der Waals surface area contributed by atoms with Gasteiger partial charge >= 0.3 is 0 Å². The van der Waals surface area contributed by atoms with Gasteiger partial charge in [0.25, 0.3) is 0 Å². The van der Waals surface area contributed by atoms with Crippen LogP contribution >= 0.6 is 0 Å². The van der Waals surface area contributed by atoms with E-state index in [4.69, 9.17) is 8.83 Å². The Morgan fingerprint density at radius 2 is 0.437 bits per heavy atom. The summed E-state index contributed by atoms with van der Waals surface area (Å²) in [5, 5.41) is 4.33. The molecule has 2 heterocycles. The highest BCUT2D eigenvalue weighted by Crippen LogP contribution is 2.60. The lowest BCUT2D eigenvalue weighted by Gasteiger charge is -2.35. The first kappa shape index (κ1) is 73.5. The Kier molecular flexibility index (Phi) is 17.7. The van der Waals surface area contributed by atoms with Crippen LogP contribution in [0.2, 0.25) is 0 Å². The van der Waals surface area contributed by atoms with Crippen molar-refractivity contribution in [2.24, 2.45) is 0 Å². The van der Waals surface area contributed by atoms with Crippen molar-refractivity contribution in [3.05, 3.63) is 530 Å². The van der Waals surface area contributed by atoms with Gasteiger partial charge in [-0.25, -0.2) is 0 Å².